The summed E-state index contributed by atoms with van der Waals surface area (Å²) in [6.07, 6.45) is 3.56. The lowest BCUT2D eigenvalue weighted by molar-refractivity contribution is -0.172. The van der Waals surface area contributed by atoms with Crippen LogP contribution in [0, 0.1) is 5.41 Å². The fourth-order valence-corrected chi connectivity index (χ4v) is 2.66. The fourth-order valence-electron chi connectivity index (χ4n) is 2.66. The molecule has 0 N–H and O–H groups in total. The van der Waals surface area contributed by atoms with Crippen LogP contribution in [0.5, 0.6) is 0 Å². The molecule has 2 nitrogen and oxygen atoms in total. The van der Waals surface area contributed by atoms with E-state index in [9.17, 15) is 4.79 Å². The molecule has 0 saturated heterocycles. The number of rotatable bonds is 4. The van der Waals surface area contributed by atoms with Crippen LogP contribution in [0.15, 0.2) is 24.3 Å². The Balaban J connectivity index is 2.29. The van der Waals surface area contributed by atoms with E-state index in [4.69, 9.17) is 4.74 Å². The highest BCUT2D eigenvalue weighted by Gasteiger charge is 2.43. The van der Waals surface area contributed by atoms with Gasteiger partial charge in [0.25, 0.3) is 0 Å². The molecule has 1 aliphatic rings. The normalized spacial score (nSPS) is 22.1. The summed E-state index contributed by atoms with van der Waals surface area (Å²) in [7, 11) is 0. The molecule has 0 spiro atoms. The lowest BCUT2D eigenvalue weighted by atomic mass is 9.88. The molecule has 0 saturated carbocycles. The SMILES string of the molecule is CCC(C)(C)C(=O)OC1(CC)CCc2ccccc21. The number of hydrogen-bond acceptors (Lipinski definition) is 2. The summed E-state index contributed by atoms with van der Waals surface area (Å²) in [4.78, 5) is 12.4. The van der Waals surface area contributed by atoms with Gasteiger partial charge in [0.15, 0.2) is 0 Å². The van der Waals surface area contributed by atoms with Crippen molar-refractivity contribution in [3.8, 4) is 0 Å². The molecule has 1 unspecified atom stereocenters. The second-order valence-corrected chi connectivity index (χ2v) is 6.13. The van der Waals surface area contributed by atoms with Crippen LogP contribution < -0.4 is 0 Å². The average molecular weight is 260 g/mol. The predicted molar refractivity (Wildman–Crippen MR) is 76.9 cm³/mol. The summed E-state index contributed by atoms with van der Waals surface area (Å²) in [5.74, 6) is -0.0754. The molecule has 1 aromatic rings. The van der Waals surface area contributed by atoms with Gasteiger partial charge in [-0.3, -0.25) is 4.79 Å². The number of carbonyl (C=O) groups is 1. The van der Waals surface area contributed by atoms with Gasteiger partial charge in [-0.2, -0.15) is 0 Å². The third kappa shape index (κ3) is 2.41. The second-order valence-electron chi connectivity index (χ2n) is 6.13. The third-order valence-electron chi connectivity index (χ3n) is 4.60. The van der Waals surface area contributed by atoms with Crippen LogP contribution in [-0.2, 0) is 21.6 Å². The molecule has 0 bridgehead atoms. The molecule has 1 aromatic carbocycles. The lowest BCUT2D eigenvalue weighted by Gasteiger charge is -2.33. The van der Waals surface area contributed by atoms with E-state index in [0.29, 0.717) is 0 Å². The van der Waals surface area contributed by atoms with E-state index >= 15 is 0 Å². The van der Waals surface area contributed by atoms with Crippen LogP contribution in [0.3, 0.4) is 0 Å². The van der Waals surface area contributed by atoms with Crippen LogP contribution in [0.1, 0.15) is 58.1 Å². The van der Waals surface area contributed by atoms with E-state index in [0.717, 1.165) is 25.7 Å². The molecule has 0 radical (unpaired) electrons. The van der Waals surface area contributed by atoms with Gasteiger partial charge in [-0.15, -0.1) is 0 Å². The molecule has 104 valence electrons. The molecule has 1 aliphatic carbocycles. The van der Waals surface area contributed by atoms with Gasteiger partial charge in [0.05, 0.1) is 5.41 Å². The molecule has 0 amide bonds. The lowest BCUT2D eigenvalue weighted by Crippen LogP contribution is -2.36. The van der Waals surface area contributed by atoms with Crippen molar-refractivity contribution in [2.75, 3.05) is 0 Å². The number of fused-ring (bicyclic) bond motifs is 1. The standard InChI is InChI=1S/C17H24O2/c1-5-16(3,4)15(18)19-17(6-2)12-11-13-9-7-8-10-14(13)17/h7-10H,5-6,11-12H2,1-4H3. The van der Waals surface area contributed by atoms with Crippen LogP contribution in [0.25, 0.3) is 0 Å². The van der Waals surface area contributed by atoms with Crippen LogP contribution in [0.2, 0.25) is 0 Å². The third-order valence-corrected chi connectivity index (χ3v) is 4.60. The Labute approximate surface area is 116 Å². The maximum Gasteiger partial charge on any atom is 0.312 e. The van der Waals surface area contributed by atoms with Crippen LogP contribution in [-0.4, -0.2) is 5.97 Å². The highest BCUT2D eigenvalue weighted by atomic mass is 16.6. The summed E-state index contributed by atoms with van der Waals surface area (Å²) >= 11 is 0. The van der Waals surface area contributed by atoms with Crippen LogP contribution in [0.4, 0.5) is 0 Å². The van der Waals surface area contributed by atoms with Crippen molar-refractivity contribution in [2.24, 2.45) is 5.41 Å². The fraction of sp³-hybridized carbons (Fsp3) is 0.588. The molecule has 2 heteroatoms. The molecule has 1 atom stereocenters. The second kappa shape index (κ2) is 4.99. The van der Waals surface area contributed by atoms with Gasteiger partial charge in [-0.05, 0) is 50.7 Å². The van der Waals surface area contributed by atoms with E-state index < -0.39 is 11.0 Å². The minimum absolute atomic E-state index is 0.0754. The summed E-state index contributed by atoms with van der Waals surface area (Å²) in [5, 5.41) is 0. The van der Waals surface area contributed by atoms with Crippen molar-refractivity contribution in [1.82, 2.24) is 0 Å². The number of benzene rings is 1. The van der Waals surface area contributed by atoms with Crippen molar-refractivity contribution in [2.45, 2.75) is 59.0 Å². The van der Waals surface area contributed by atoms with Crippen molar-refractivity contribution in [3.63, 3.8) is 0 Å². The molecular formula is C17H24O2. The van der Waals surface area contributed by atoms with Gasteiger partial charge in [-0.25, -0.2) is 0 Å². The van der Waals surface area contributed by atoms with Gasteiger partial charge >= 0.3 is 5.97 Å². The van der Waals surface area contributed by atoms with Gasteiger partial charge in [-0.1, -0.05) is 38.1 Å². The number of carbonyl (C=O) groups excluding carboxylic acids is 1. The first kappa shape index (κ1) is 14.1. The van der Waals surface area contributed by atoms with Gasteiger partial charge < -0.3 is 4.74 Å². The van der Waals surface area contributed by atoms with E-state index in [1.165, 1.54) is 11.1 Å². The van der Waals surface area contributed by atoms with Gasteiger partial charge in [0.1, 0.15) is 5.60 Å². The maximum absolute atomic E-state index is 12.4. The summed E-state index contributed by atoms with van der Waals surface area (Å²) < 4.78 is 5.99. The summed E-state index contributed by atoms with van der Waals surface area (Å²) in [6.45, 7) is 8.05. The molecule has 0 aromatic heterocycles. The number of aryl methyl sites for hydroxylation is 1. The van der Waals surface area contributed by atoms with Gasteiger partial charge in [0.2, 0.25) is 0 Å². The zero-order chi connectivity index (χ0) is 14.1. The van der Waals surface area contributed by atoms with E-state index in [2.05, 4.69) is 25.1 Å². The molecule has 2 rings (SSSR count). The summed E-state index contributed by atoms with van der Waals surface area (Å²) in [6, 6.07) is 8.35. The Bertz CT molecular complexity index is 476. The molecule has 0 aliphatic heterocycles. The Kier molecular flexibility index (Phi) is 3.71. The quantitative estimate of drug-likeness (QED) is 0.758. The molecule has 0 heterocycles. The Morgan fingerprint density at radius 1 is 1.32 bits per heavy atom. The minimum Gasteiger partial charge on any atom is -0.454 e. The Morgan fingerprint density at radius 3 is 2.63 bits per heavy atom. The van der Waals surface area contributed by atoms with E-state index in [1.54, 1.807) is 0 Å². The molecule has 0 fully saturated rings. The average Bonchev–Trinajstić information content (AvgIpc) is 2.78. The minimum atomic E-state index is -0.403. The first-order chi connectivity index (χ1) is 8.95. The van der Waals surface area contributed by atoms with Crippen molar-refractivity contribution in [3.05, 3.63) is 35.4 Å². The topological polar surface area (TPSA) is 26.3 Å². The summed E-state index contributed by atoms with van der Waals surface area (Å²) in [5.41, 5.74) is 1.73. The zero-order valence-corrected chi connectivity index (χ0v) is 12.5. The highest BCUT2D eigenvalue weighted by Crippen LogP contribution is 2.43. The van der Waals surface area contributed by atoms with Crippen molar-refractivity contribution < 1.29 is 9.53 Å². The smallest absolute Gasteiger partial charge is 0.312 e. The number of ether oxygens (including phenoxy) is 1. The largest absolute Gasteiger partial charge is 0.454 e. The van der Waals surface area contributed by atoms with Crippen molar-refractivity contribution >= 4 is 5.97 Å². The highest BCUT2D eigenvalue weighted by molar-refractivity contribution is 5.76. The first-order valence-electron chi connectivity index (χ1n) is 7.27. The van der Waals surface area contributed by atoms with E-state index in [-0.39, 0.29) is 5.97 Å². The Hall–Kier alpha value is -1.31. The molecular weight excluding hydrogens is 236 g/mol. The van der Waals surface area contributed by atoms with Gasteiger partial charge in [0, 0.05) is 0 Å². The number of esters is 1. The number of hydrogen-bond donors (Lipinski definition) is 0. The first-order valence-corrected chi connectivity index (χ1v) is 7.27. The Morgan fingerprint density at radius 2 is 2.00 bits per heavy atom. The van der Waals surface area contributed by atoms with Crippen molar-refractivity contribution in [1.29, 1.82) is 0 Å². The zero-order valence-electron chi connectivity index (χ0n) is 12.5. The van der Waals surface area contributed by atoms with Crippen LogP contribution >= 0.6 is 0 Å². The van der Waals surface area contributed by atoms with E-state index in [1.807, 2.05) is 26.8 Å². The maximum atomic E-state index is 12.4. The molecule has 19 heavy (non-hydrogen) atoms. The monoisotopic (exact) mass is 260 g/mol. The predicted octanol–water partition coefficient (Wildman–Crippen LogP) is 4.22.